The number of hydrogen-bond donors (Lipinski definition) is 1. The fourth-order valence-electron chi connectivity index (χ4n) is 2.34. The number of nitrogens with one attached hydrogen (secondary N) is 1. The summed E-state index contributed by atoms with van der Waals surface area (Å²) in [6.07, 6.45) is 2.60. The third-order valence-electron chi connectivity index (χ3n) is 3.57. The smallest absolute Gasteiger partial charge is 0.213 e. The van der Waals surface area contributed by atoms with Crippen molar-refractivity contribution in [3.63, 3.8) is 0 Å². The predicted molar refractivity (Wildman–Crippen MR) is 72.7 cm³/mol. The topological polar surface area (TPSA) is 37.4 Å². The maximum atomic E-state index is 5.12. The van der Waals surface area contributed by atoms with Gasteiger partial charge in [0, 0.05) is 12.6 Å². The molecule has 0 atom stereocenters. The van der Waals surface area contributed by atoms with E-state index < -0.39 is 0 Å². The average molecular weight is 249 g/mol. The molecule has 0 unspecified atom stereocenters. The maximum absolute atomic E-state index is 5.12. The molecule has 0 aliphatic carbocycles. The highest BCUT2D eigenvalue weighted by atomic mass is 16.5. The molecule has 1 N–H and O–H groups in total. The third kappa shape index (κ3) is 3.96. The van der Waals surface area contributed by atoms with Gasteiger partial charge in [-0.3, -0.25) is 0 Å². The van der Waals surface area contributed by atoms with Gasteiger partial charge in [-0.15, -0.1) is 0 Å². The van der Waals surface area contributed by atoms with Gasteiger partial charge in [-0.05, 0) is 51.5 Å². The molecule has 1 aromatic heterocycles. The Morgan fingerprint density at radius 2 is 2.17 bits per heavy atom. The van der Waals surface area contributed by atoms with Crippen LogP contribution in [0.25, 0.3) is 0 Å². The molecule has 1 aliphatic heterocycles. The molecule has 100 valence electrons. The van der Waals surface area contributed by atoms with Gasteiger partial charge >= 0.3 is 0 Å². The number of likely N-dealkylation sites (tertiary alicyclic amines) is 1. The van der Waals surface area contributed by atoms with Crippen molar-refractivity contribution in [1.29, 1.82) is 0 Å². The molecule has 0 spiro atoms. The Morgan fingerprint density at radius 1 is 1.39 bits per heavy atom. The van der Waals surface area contributed by atoms with Crippen LogP contribution in [0.3, 0.4) is 0 Å². The first-order valence-electron chi connectivity index (χ1n) is 6.67. The van der Waals surface area contributed by atoms with Gasteiger partial charge in [-0.25, -0.2) is 4.98 Å². The lowest BCUT2D eigenvalue weighted by Crippen LogP contribution is -2.34. The van der Waals surface area contributed by atoms with Crippen molar-refractivity contribution in [3.8, 4) is 5.88 Å². The molecule has 0 radical (unpaired) electrons. The van der Waals surface area contributed by atoms with Crippen LogP contribution >= 0.6 is 0 Å². The summed E-state index contributed by atoms with van der Waals surface area (Å²) in [7, 11) is 3.85. The molecule has 4 heteroatoms. The molecule has 1 saturated heterocycles. The lowest BCUT2D eigenvalue weighted by atomic mass is 9.97. The van der Waals surface area contributed by atoms with E-state index in [0.29, 0.717) is 5.88 Å². The first-order valence-corrected chi connectivity index (χ1v) is 6.67. The Bertz CT molecular complexity index is 362. The molecular weight excluding hydrogens is 226 g/mol. The van der Waals surface area contributed by atoms with E-state index in [0.717, 1.165) is 24.7 Å². The van der Waals surface area contributed by atoms with E-state index in [1.165, 1.54) is 25.9 Å². The van der Waals surface area contributed by atoms with Crippen LogP contribution in [-0.4, -0.2) is 43.7 Å². The van der Waals surface area contributed by atoms with E-state index in [9.17, 15) is 0 Å². The highest BCUT2D eigenvalue weighted by Crippen LogP contribution is 2.15. The van der Waals surface area contributed by atoms with Crippen molar-refractivity contribution in [2.24, 2.45) is 5.92 Å². The average Bonchev–Trinajstić information content (AvgIpc) is 2.41. The number of ether oxygens (including phenoxy) is 1. The van der Waals surface area contributed by atoms with Gasteiger partial charge in [0.25, 0.3) is 0 Å². The summed E-state index contributed by atoms with van der Waals surface area (Å²) in [4.78, 5) is 6.80. The van der Waals surface area contributed by atoms with Gasteiger partial charge in [0.15, 0.2) is 0 Å². The van der Waals surface area contributed by atoms with Gasteiger partial charge < -0.3 is 15.0 Å². The summed E-state index contributed by atoms with van der Waals surface area (Å²) < 4.78 is 5.12. The first-order chi connectivity index (χ1) is 8.78. The molecule has 0 amide bonds. The molecule has 18 heavy (non-hydrogen) atoms. The normalized spacial score (nSPS) is 17.9. The maximum Gasteiger partial charge on any atom is 0.213 e. The lowest BCUT2D eigenvalue weighted by molar-refractivity contribution is 0.216. The molecule has 1 aliphatic rings. The summed E-state index contributed by atoms with van der Waals surface area (Å²) in [6, 6.07) is 5.89. The van der Waals surface area contributed by atoms with Gasteiger partial charge in [-0.1, -0.05) is 6.07 Å². The number of piperidine rings is 1. The Hall–Kier alpha value is -1.13. The SMILES string of the molecule is COc1cccc(CNCC2CCN(C)CC2)n1. The number of methoxy groups -OCH3 is 1. The summed E-state index contributed by atoms with van der Waals surface area (Å²) >= 11 is 0. The van der Waals surface area contributed by atoms with Crippen LogP contribution < -0.4 is 10.1 Å². The molecule has 2 heterocycles. The number of pyridine rings is 1. The molecule has 0 bridgehead atoms. The Balaban J connectivity index is 1.71. The van der Waals surface area contributed by atoms with E-state index in [-0.39, 0.29) is 0 Å². The highest BCUT2D eigenvalue weighted by molar-refractivity contribution is 5.15. The molecule has 1 aromatic rings. The van der Waals surface area contributed by atoms with E-state index >= 15 is 0 Å². The van der Waals surface area contributed by atoms with Crippen molar-refractivity contribution >= 4 is 0 Å². The summed E-state index contributed by atoms with van der Waals surface area (Å²) in [5.41, 5.74) is 1.04. The number of hydrogen-bond acceptors (Lipinski definition) is 4. The molecule has 0 saturated carbocycles. The molecule has 2 rings (SSSR count). The second-order valence-electron chi connectivity index (χ2n) is 5.05. The zero-order chi connectivity index (χ0) is 12.8. The minimum atomic E-state index is 0.689. The second-order valence-corrected chi connectivity index (χ2v) is 5.05. The zero-order valence-corrected chi connectivity index (χ0v) is 11.4. The van der Waals surface area contributed by atoms with Crippen molar-refractivity contribution in [3.05, 3.63) is 23.9 Å². The minimum Gasteiger partial charge on any atom is -0.481 e. The van der Waals surface area contributed by atoms with Crippen molar-refractivity contribution in [2.45, 2.75) is 19.4 Å². The monoisotopic (exact) mass is 249 g/mol. The minimum absolute atomic E-state index is 0.689. The number of nitrogens with zero attached hydrogens (tertiary/aromatic N) is 2. The van der Waals surface area contributed by atoms with Crippen molar-refractivity contribution in [2.75, 3.05) is 33.8 Å². The van der Waals surface area contributed by atoms with Gasteiger partial charge in [0.2, 0.25) is 5.88 Å². The zero-order valence-electron chi connectivity index (χ0n) is 11.4. The van der Waals surface area contributed by atoms with E-state index in [1.807, 2.05) is 18.2 Å². The molecular formula is C14H23N3O. The Morgan fingerprint density at radius 3 is 2.89 bits per heavy atom. The lowest BCUT2D eigenvalue weighted by Gasteiger charge is -2.29. The number of rotatable bonds is 5. The number of aromatic nitrogens is 1. The van der Waals surface area contributed by atoms with Gasteiger partial charge in [-0.2, -0.15) is 0 Å². The van der Waals surface area contributed by atoms with E-state index in [2.05, 4.69) is 22.2 Å². The van der Waals surface area contributed by atoms with Crippen molar-refractivity contribution in [1.82, 2.24) is 15.2 Å². The fourth-order valence-corrected chi connectivity index (χ4v) is 2.34. The standard InChI is InChI=1S/C14H23N3O/c1-17-8-6-12(7-9-17)10-15-11-13-4-3-5-14(16-13)18-2/h3-5,12,15H,6-11H2,1-2H3. The van der Waals surface area contributed by atoms with Crippen LogP contribution in [0.2, 0.25) is 0 Å². The molecule has 1 fully saturated rings. The van der Waals surface area contributed by atoms with Gasteiger partial charge in [0.05, 0.1) is 12.8 Å². The van der Waals surface area contributed by atoms with Crippen LogP contribution in [0.5, 0.6) is 5.88 Å². The summed E-state index contributed by atoms with van der Waals surface area (Å²) in [5.74, 6) is 1.50. The van der Waals surface area contributed by atoms with Crippen LogP contribution in [0.1, 0.15) is 18.5 Å². The first kappa shape index (κ1) is 13.3. The second kappa shape index (κ2) is 6.71. The summed E-state index contributed by atoms with van der Waals surface area (Å²) in [5, 5.41) is 3.50. The largest absolute Gasteiger partial charge is 0.481 e. The Kier molecular flexibility index (Phi) is 4.96. The molecule has 4 nitrogen and oxygen atoms in total. The van der Waals surface area contributed by atoms with E-state index in [1.54, 1.807) is 7.11 Å². The predicted octanol–water partition coefficient (Wildman–Crippen LogP) is 1.52. The quantitative estimate of drug-likeness (QED) is 0.858. The van der Waals surface area contributed by atoms with Crippen LogP contribution in [0.4, 0.5) is 0 Å². The van der Waals surface area contributed by atoms with Crippen LogP contribution in [0, 0.1) is 5.92 Å². The Labute approximate surface area is 109 Å². The van der Waals surface area contributed by atoms with Crippen LogP contribution in [-0.2, 0) is 6.54 Å². The summed E-state index contributed by atoms with van der Waals surface area (Å²) in [6.45, 7) is 4.36. The fraction of sp³-hybridized carbons (Fsp3) is 0.643. The molecule has 0 aromatic carbocycles. The van der Waals surface area contributed by atoms with Gasteiger partial charge in [0.1, 0.15) is 0 Å². The van der Waals surface area contributed by atoms with Crippen LogP contribution in [0.15, 0.2) is 18.2 Å². The third-order valence-corrected chi connectivity index (χ3v) is 3.57. The highest BCUT2D eigenvalue weighted by Gasteiger charge is 2.15. The van der Waals surface area contributed by atoms with E-state index in [4.69, 9.17) is 4.74 Å². The van der Waals surface area contributed by atoms with Crippen molar-refractivity contribution < 1.29 is 4.74 Å².